The number of benzene rings is 1. The fraction of sp³-hybridized carbons (Fsp3) is 0.500. The maximum Gasteiger partial charge on any atom is 0.139 e. The van der Waals surface area contributed by atoms with Crippen molar-refractivity contribution < 1.29 is 0 Å². The number of hydrogen-bond donors (Lipinski definition) is 1. The van der Waals surface area contributed by atoms with Gasteiger partial charge in [0.05, 0.1) is 22.4 Å². The van der Waals surface area contributed by atoms with Crippen LogP contribution in [0.5, 0.6) is 0 Å². The molecule has 0 radical (unpaired) electrons. The van der Waals surface area contributed by atoms with Crippen LogP contribution in [0.3, 0.4) is 0 Å². The third-order valence-corrected chi connectivity index (χ3v) is 5.95. The number of hydrogen-bond acceptors (Lipinski definition) is 7. The van der Waals surface area contributed by atoms with E-state index in [0.29, 0.717) is 5.02 Å². The van der Waals surface area contributed by atoms with Crippen LogP contribution in [0.4, 0.5) is 17.3 Å². The Balaban J connectivity index is 1.75. The van der Waals surface area contributed by atoms with Crippen molar-refractivity contribution in [2.45, 2.75) is 47.0 Å². The van der Waals surface area contributed by atoms with Gasteiger partial charge in [-0.15, -0.1) is 0 Å². The summed E-state index contributed by atoms with van der Waals surface area (Å²) < 4.78 is 8.78. The Hall–Kier alpha value is -1.99. The van der Waals surface area contributed by atoms with E-state index < -0.39 is 0 Å². The summed E-state index contributed by atoms with van der Waals surface area (Å²) in [5.74, 6) is 3.42. The van der Waals surface area contributed by atoms with Gasteiger partial charge in [0, 0.05) is 18.7 Å². The second-order valence-electron chi connectivity index (χ2n) is 7.59. The van der Waals surface area contributed by atoms with Crippen LogP contribution in [-0.2, 0) is 0 Å². The Morgan fingerprint density at radius 1 is 1.18 bits per heavy atom. The first-order chi connectivity index (χ1) is 13.5. The van der Waals surface area contributed by atoms with Gasteiger partial charge in [-0.05, 0) is 57.6 Å². The third-order valence-electron chi connectivity index (χ3n) is 5.13. The van der Waals surface area contributed by atoms with Crippen LogP contribution in [0.1, 0.15) is 43.1 Å². The lowest BCUT2D eigenvalue weighted by atomic mass is 10.1. The first-order valence-corrected chi connectivity index (χ1v) is 10.9. The van der Waals surface area contributed by atoms with E-state index in [0.717, 1.165) is 70.7 Å². The molecule has 2 aromatic heterocycles. The van der Waals surface area contributed by atoms with Gasteiger partial charge in [0.15, 0.2) is 0 Å². The Labute approximate surface area is 174 Å². The van der Waals surface area contributed by atoms with Gasteiger partial charge in [-0.3, -0.25) is 0 Å². The van der Waals surface area contributed by atoms with Crippen LogP contribution in [0.25, 0.3) is 11.0 Å². The molecule has 1 fully saturated rings. The summed E-state index contributed by atoms with van der Waals surface area (Å²) in [5.41, 5.74) is 4.50. The third kappa shape index (κ3) is 3.78. The predicted molar refractivity (Wildman–Crippen MR) is 117 cm³/mol. The smallest absolute Gasteiger partial charge is 0.139 e. The molecule has 6 nitrogen and oxygen atoms in total. The lowest BCUT2D eigenvalue weighted by Crippen LogP contribution is -2.29. The zero-order valence-electron chi connectivity index (χ0n) is 16.7. The highest BCUT2D eigenvalue weighted by Crippen LogP contribution is 2.36. The SMILES string of the molecule is CCCN(CC1CC1)c1nc(C)nc(Nc2c(C)cc(Cl)c3nsnc23)c1C. The number of rotatable bonds is 7. The average molecular weight is 417 g/mol. The van der Waals surface area contributed by atoms with Gasteiger partial charge in [-0.25, -0.2) is 9.97 Å². The van der Waals surface area contributed by atoms with Crippen molar-refractivity contribution in [3.8, 4) is 0 Å². The minimum absolute atomic E-state index is 0.627. The van der Waals surface area contributed by atoms with E-state index in [4.69, 9.17) is 21.6 Å². The van der Waals surface area contributed by atoms with E-state index in [-0.39, 0.29) is 0 Å². The Bertz CT molecular complexity index is 1010. The van der Waals surface area contributed by atoms with Crippen LogP contribution in [0, 0.1) is 26.7 Å². The molecule has 0 spiro atoms. The molecule has 0 aliphatic heterocycles. The summed E-state index contributed by atoms with van der Waals surface area (Å²) in [6, 6.07) is 1.92. The highest BCUT2D eigenvalue weighted by molar-refractivity contribution is 7.00. The van der Waals surface area contributed by atoms with E-state index in [2.05, 4.69) is 32.8 Å². The zero-order chi connectivity index (χ0) is 19.8. The maximum absolute atomic E-state index is 6.34. The zero-order valence-corrected chi connectivity index (χ0v) is 18.3. The average Bonchev–Trinajstić information content (AvgIpc) is 3.33. The standard InChI is InChI=1S/C20H25ClN6S/c1-5-8-27(10-14-6-7-14)20-12(3)19(22-13(4)23-20)24-16-11(2)9-15(21)17-18(16)26-28-25-17/h9,14H,5-8,10H2,1-4H3,(H,22,23,24). The van der Waals surface area contributed by atoms with Crippen LogP contribution in [0.15, 0.2) is 6.07 Å². The second-order valence-corrected chi connectivity index (χ2v) is 8.53. The first kappa shape index (κ1) is 19.3. The molecule has 1 aromatic carbocycles. The normalized spacial score (nSPS) is 13.9. The summed E-state index contributed by atoms with van der Waals surface area (Å²) in [7, 11) is 0. The van der Waals surface area contributed by atoms with Crippen molar-refractivity contribution in [2.24, 2.45) is 5.92 Å². The largest absolute Gasteiger partial charge is 0.356 e. The maximum atomic E-state index is 6.34. The van der Waals surface area contributed by atoms with Gasteiger partial charge in [-0.1, -0.05) is 18.5 Å². The predicted octanol–water partition coefficient (Wildman–Crippen LogP) is 5.43. The van der Waals surface area contributed by atoms with Gasteiger partial charge in [0.2, 0.25) is 0 Å². The Morgan fingerprint density at radius 2 is 1.93 bits per heavy atom. The fourth-order valence-corrected chi connectivity index (χ4v) is 4.42. The number of nitrogens with one attached hydrogen (secondary N) is 1. The van der Waals surface area contributed by atoms with E-state index in [9.17, 15) is 0 Å². The molecule has 0 saturated heterocycles. The highest BCUT2D eigenvalue weighted by Gasteiger charge is 2.26. The van der Waals surface area contributed by atoms with Crippen LogP contribution in [-0.4, -0.2) is 31.8 Å². The van der Waals surface area contributed by atoms with E-state index in [1.165, 1.54) is 24.6 Å². The number of nitrogens with zero attached hydrogens (tertiary/aromatic N) is 5. The highest BCUT2D eigenvalue weighted by atomic mass is 35.5. The van der Waals surface area contributed by atoms with Gasteiger partial charge in [-0.2, -0.15) is 8.75 Å². The van der Waals surface area contributed by atoms with Gasteiger partial charge in [0.1, 0.15) is 28.5 Å². The molecular weight excluding hydrogens is 392 g/mol. The molecule has 1 N–H and O–H groups in total. The molecule has 28 heavy (non-hydrogen) atoms. The lowest BCUT2D eigenvalue weighted by Gasteiger charge is -2.26. The topological polar surface area (TPSA) is 66.8 Å². The minimum atomic E-state index is 0.627. The minimum Gasteiger partial charge on any atom is -0.356 e. The molecule has 0 atom stereocenters. The summed E-state index contributed by atoms with van der Waals surface area (Å²) >= 11 is 7.51. The molecule has 2 heterocycles. The van der Waals surface area contributed by atoms with Gasteiger partial charge in [0.25, 0.3) is 0 Å². The van der Waals surface area contributed by atoms with Crippen molar-refractivity contribution in [3.05, 3.63) is 28.0 Å². The molecule has 4 rings (SSSR count). The molecule has 1 aliphatic carbocycles. The number of fused-ring (bicyclic) bond motifs is 1. The quantitative estimate of drug-likeness (QED) is 0.553. The lowest BCUT2D eigenvalue weighted by molar-refractivity contribution is 0.694. The molecular formula is C20H25ClN6S. The fourth-order valence-electron chi connectivity index (χ4n) is 3.51. The van der Waals surface area contributed by atoms with Crippen molar-refractivity contribution >= 4 is 51.7 Å². The first-order valence-electron chi connectivity index (χ1n) is 9.76. The molecule has 1 saturated carbocycles. The van der Waals surface area contributed by atoms with Gasteiger partial charge >= 0.3 is 0 Å². The molecule has 0 bridgehead atoms. The van der Waals surface area contributed by atoms with Crippen molar-refractivity contribution in [1.29, 1.82) is 0 Å². The summed E-state index contributed by atoms with van der Waals surface area (Å²) in [4.78, 5) is 11.9. The molecule has 148 valence electrons. The number of aryl methyl sites for hydroxylation is 2. The number of halogens is 1. The summed E-state index contributed by atoms with van der Waals surface area (Å²) in [6.45, 7) is 10.4. The Kier molecular flexibility index (Phi) is 5.38. The molecule has 0 unspecified atom stereocenters. The molecule has 1 aliphatic rings. The number of aromatic nitrogens is 4. The van der Waals surface area contributed by atoms with Crippen molar-refractivity contribution in [1.82, 2.24) is 18.7 Å². The second kappa shape index (κ2) is 7.79. The van der Waals surface area contributed by atoms with E-state index >= 15 is 0 Å². The van der Waals surface area contributed by atoms with Crippen molar-refractivity contribution in [3.63, 3.8) is 0 Å². The van der Waals surface area contributed by atoms with Crippen LogP contribution in [0.2, 0.25) is 5.02 Å². The monoisotopic (exact) mass is 416 g/mol. The van der Waals surface area contributed by atoms with E-state index in [1.54, 1.807) is 0 Å². The van der Waals surface area contributed by atoms with Crippen LogP contribution < -0.4 is 10.2 Å². The molecule has 0 amide bonds. The van der Waals surface area contributed by atoms with E-state index in [1.807, 2.05) is 19.9 Å². The number of anilines is 3. The van der Waals surface area contributed by atoms with Crippen molar-refractivity contribution in [2.75, 3.05) is 23.3 Å². The molecule has 8 heteroatoms. The van der Waals surface area contributed by atoms with Gasteiger partial charge < -0.3 is 10.2 Å². The van der Waals surface area contributed by atoms with Crippen LogP contribution >= 0.6 is 23.3 Å². The summed E-state index contributed by atoms with van der Waals surface area (Å²) in [6.07, 6.45) is 3.75. The Morgan fingerprint density at radius 3 is 2.64 bits per heavy atom. The summed E-state index contributed by atoms with van der Waals surface area (Å²) in [5, 5.41) is 4.14. The molecule has 3 aromatic rings.